The Hall–Kier alpha value is -0.840. The fourth-order valence-electron chi connectivity index (χ4n) is 1.52. The predicted molar refractivity (Wildman–Crippen MR) is 64.0 cm³/mol. The molecule has 0 atom stereocenters. The molecule has 0 aliphatic rings. The van der Waals surface area contributed by atoms with Crippen LogP contribution in [0, 0.1) is 0 Å². The maximum absolute atomic E-state index is 5.53. The Balaban J connectivity index is 2.36. The molecule has 4 nitrogen and oxygen atoms in total. The minimum Gasteiger partial charge on any atom is -0.468 e. The van der Waals surface area contributed by atoms with E-state index >= 15 is 0 Å². The number of likely N-dealkylation sites (N-methyl/N-ethyl adjacent to an activating group) is 1. The van der Waals surface area contributed by atoms with Crippen LogP contribution in [-0.4, -0.2) is 31.2 Å². The number of hydrogen-bond acceptors (Lipinski definition) is 4. The molecule has 0 bridgehead atoms. The molecule has 0 saturated carbocycles. The fourth-order valence-corrected chi connectivity index (χ4v) is 1.52. The summed E-state index contributed by atoms with van der Waals surface area (Å²) in [4.78, 5) is 2.29. The molecule has 1 rings (SSSR count). The van der Waals surface area contributed by atoms with Crippen LogP contribution >= 0.6 is 0 Å². The van der Waals surface area contributed by atoms with E-state index in [4.69, 9.17) is 14.9 Å². The molecule has 1 heterocycles. The van der Waals surface area contributed by atoms with Crippen LogP contribution < -0.4 is 5.73 Å². The van der Waals surface area contributed by atoms with E-state index in [1.165, 1.54) is 0 Å². The molecule has 16 heavy (non-hydrogen) atoms. The first-order chi connectivity index (χ1) is 7.80. The molecule has 92 valence electrons. The van der Waals surface area contributed by atoms with Gasteiger partial charge in [-0.05, 0) is 19.5 Å². The zero-order valence-electron chi connectivity index (χ0n) is 10.2. The summed E-state index contributed by atoms with van der Waals surface area (Å²) in [6.07, 6.45) is 1.73. The molecule has 1 aromatic heterocycles. The van der Waals surface area contributed by atoms with Gasteiger partial charge in [0.1, 0.15) is 5.76 Å². The second-order valence-electron chi connectivity index (χ2n) is 3.69. The van der Waals surface area contributed by atoms with Crippen LogP contribution in [-0.2, 0) is 17.8 Å². The summed E-state index contributed by atoms with van der Waals surface area (Å²) >= 11 is 0. The van der Waals surface area contributed by atoms with Gasteiger partial charge in [-0.3, -0.25) is 4.90 Å². The SMILES string of the molecule is CCOCCN(CC)Cc1cc(CN)co1. The lowest BCUT2D eigenvalue weighted by Crippen LogP contribution is -2.26. The first kappa shape index (κ1) is 13.2. The summed E-state index contributed by atoms with van der Waals surface area (Å²) in [6, 6.07) is 2.02. The van der Waals surface area contributed by atoms with Crippen molar-refractivity contribution >= 4 is 0 Å². The number of furan rings is 1. The highest BCUT2D eigenvalue weighted by Gasteiger charge is 2.07. The maximum atomic E-state index is 5.53. The third-order valence-corrected chi connectivity index (χ3v) is 2.53. The van der Waals surface area contributed by atoms with Crippen molar-refractivity contribution in [3.8, 4) is 0 Å². The van der Waals surface area contributed by atoms with Gasteiger partial charge in [-0.15, -0.1) is 0 Å². The minimum absolute atomic E-state index is 0.536. The van der Waals surface area contributed by atoms with E-state index in [2.05, 4.69) is 11.8 Å². The van der Waals surface area contributed by atoms with Gasteiger partial charge in [-0.1, -0.05) is 6.92 Å². The summed E-state index contributed by atoms with van der Waals surface area (Å²) in [5.74, 6) is 0.971. The van der Waals surface area contributed by atoms with E-state index in [0.29, 0.717) is 6.54 Å². The molecule has 0 saturated heterocycles. The lowest BCUT2D eigenvalue weighted by Gasteiger charge is -2.18. The molecule has 1 aromatic rings. The Morgan fingerprint density at radius 1 is 1.44 bits per heavy atom. The Kier molecular flexibility index (Phi) is 6.15. The number of hydrogen-bond donors (Lipinski definition) is 1. The number of nitrogens with zero attached hydrogens (tertiary/aromatic N) is 1. The molecule has 4 heteroatoms. The van der Waals surface area contributed by atoms with Crippen LogP contribution in [0.2, 0.25) is 0 Å². The number of nitrogens with two attached hydrogens (primary N) is 1. The Morgan fingerprint density at radius 2 is 2.25 bits per heavy atom. The van der Waals surface area contributed by atoms with Crippen LogP contribution in [0.1, 0.15) is 25.2 Å². The van der Waals surface area contributed by atoms with Gasteiger partial charge in [0.25, 0.3) is 0 Å². The predicted octanol–water partition coefficient (Wildman–Crippen LogP) is 1.60. The summed E-state index contributed by atoms with van der Waals surface area (Å²) in [5, 5.41) is 0. The fraction of sp³-hybridized carbons (Fsp3) is 0.667. The van der Waals surface area contributed by atoms with Crippen molar-refractivity contribution in [2.75, 3.05) is 26.3 Å². The molecular weight excluding hydrogens is 204 g/mol. The Bertz CT molecular complexity index is 286. The second kappa shape index (κ2) is 7.44. The molecule has 0 aliphatic heterocycles. The van der Waals surface area contributed by atoms with Gasteiger partial charge in [0.2, 0.25) is 0 Å². The first-order valence-electron chi connectivity index (χ1n) is 5.86. The summed E-state index contributed by atoms with van der Waals surface area (Å²) < 4.78 is 10.8. The van der Waals surface area contributed by atoms with E-state index in [1.54, 1.807) is 6.26 Å². The molecule has 0 amide bonds. The van der Waals surface area contributed by atoms with Crippen LogP contribution in [0.4, 0.5) is 0 Å². The van der Waals surface area contributed by atoms with E-state index in [9.17, 15) is 0 Å². The highest BCUT2D eigenvalue weighted by molar-refractivity contribution is 5.12. The van der Waals surface area contributed by atoms with E-state index in [1.807, 2.05) is 13.0 Å². The molecular formula is C12H22N2O2. The monoisotopic (exact) mass is 226 g/mol. The third-order valence-electron chi connectivity index (χ3n) is 2.53. The Labute approximate surface area is 97.4 Å². The summed E-state index contributed by atoms with van der Waals surface area (Å²) in [5.41, 5.74) is 6.58. The van der Waals surface area contributed by atoms with Crippen molar-refractivity contribution in [2.24, 2.45) is 5.73 Å². The molecule has 0 fully saturated rings. The zero-order chi connectivity index (χ0) is 11.8. The van der Waals surface area contributed by atoms with E-state index in [0.717, 1.165) is 44.2 Å². The molecule has 0 aromatic carbocycles. The van der Waals surface area contributed by atoms with Crippen molar-refractivity contribution < 1.29 is 9.15 Å². The molecule has 0 spiro atoms. The molecule has 0 aliphatic carbocycles. The van der Waals surface area contributed by atoms with Gasteiger partial charge in [-0.25, -0.2) is 0 Å². The van der Waals surface area contributed by atoms with Crippen LogP contribution in [0.3, 0.4) is 0 Å². The summed E-state index contributed by atoms with van der Waals surface area (Å²) in [6.45, 7) is 8.98. The Morgan fingerprint density at radius 3 is 2.81 bits per heavy atom. The van der Waals surface area contributed by atoms with Crippen molar-refractivity contribution in [1.82, 2.24) is 4.90 Å². The van der Waals surface area contributed by atoms with Gasteiger partial charge < -0.3 is 14.9 Å². The topological polar surface area (TPSA) is 51.6 Å². The average Bonchev–Trinajstić information content (AvgIpc) is 2.75. The van der Waals surface area contributed by atoms with Crippen molar-refractivity contribution in [1.29, 1.82) is 0 Å². The van der Waals surface area contributed by atoms with Crippen LogP contribution in [0.15, 0.2) is 16.7 Å². The average molecular weight is 226 g/mol. The van der Waals surface area contributed by atoms with Gasteiger partial charge in [0.15, 0.2) is 0 Å². The van der Waals surface area contributed by atoms with Crippen LogP contribution in [0.25, 0.3) is 0 Å². The van der Waals surface area contributed by atoms with Gasteiger partial charge in [0, 0.05) is 25.3 Å². The second-order valence-corrected chi connectivity index (χ2v) is 3.69. The van der Waals surface area contributed by atoms with Crippen LogP contribution in [0.5, 0.6) is 0 Å². The minimum atomic E-state index is 0.536. The first-order valence-corrected chi connectivity index (χ1v) is 5.86. The summed E-state index contributed by atoms with van der Waals surface area (Å²) in [7, 11) is 0. The van der Waals surface area contributed by atoms with Gasteiger partial charge in [0.05, 0.1) is 19.4 Å². The van der Waals surface area contributed by atoms with E-state index in [-0.39, 0.29) is 0 Å². The third kappa shape index (κ3) is 4.35. The maximum Gasteiger partial charge on any atom is 0.118 e. The highest BCUT2D eigenvalue weighted by atomic mass is 16.5. The van der Waals surface area contributed by atoms with Crippen molar-refractivity contribution in [3.05, 3.63) is 23.7 Å². The van der Waals surface area contributed by atoms with Gasteiger partial charge >= 0.3 is 0 Å². The standard InChI is InChI=1S/C12H22N2O2/c1-3-14(5-6-15-4-2)9-12-7-11(8-13)10-16-12/h7,10H,3-6,8-9,13H2,1-2H3. The lowest BCUT2D eigenvalue weighted by atomic mass is 10.3. The molecule has 2 N–H and O–H groups in total. The molecule has 0 unspecified atom stereocenters. The molecule has 0 radical (unpaired) electrons. The largest absolute Gasteiger partial charge is 0.468 e. The lowest BCUT2D eigenvalue weighted by molar-refractivity contribution is 0.110. The number of rotatable bonds is 8. The normalized spacial score (nSPS) is 11.2. The zero-order valence-corrected chi connectivity index (χ0v) is 10.2. The highest BCUT2D eigenvalue weighted by Crippen LogP contribution is 2.09. The van der Waals surface area contributed by atoms with E-state index < -0.39 is 0 Å². The quantitative estimate of drug-likeness (QED) is 0.684. The van der Waals surface area contributed by atoms with Gasteiger partial charge in [-0.2, -0.15) is 0 Å². The van der Waals surface area contributed by atoms with Crippen molar-refractivity contribution in [2.45, 2.75) is 26.9 Å². The van der Waals surface area contributed by atoms with Crippen molar-refractivity contribution in [3.63, 3.8) is 0 Å². The smallest absolute Gasteiger partial charge is 0.118 e. The number of ether oxygens (including phenoxy) is 1.